The van der Waals surface area contributed by atoms with Crippen LogP contribution in [0.25, 0.3) is 11.3 Å². The number of nitrogens with one attached hydrogen (secondary N) is 1. The van der Waals surface area contributed by atoms with Crippen LogP contribution in [0.3, 0.4) is 0 Å². The molecule has 2 aromatic carbocycles. The summed E-state index contributed by atoms with van der Waals surface area (Å²) in [5, 5.41) is 4.61. The van der Waals surface area contributed by atoms with E-state index >= 15 is 0 Å². The molecule has 3 heterocycles. The van der Waals surface area contributed by atoms with E-state index in [0.29, 0.717) is 23.8 Å². The Hall–Kier alpha value is -3.96. The van der Waals surface area contributed by atoms with Crippen LogP contribution in [0, 0.1) is 13.8 Å². The van der Waals surface area contributed by atoms with Crippen molar-refractivity contribution < 1.29 is 17.9 Å². The van der Waals surface area contributed by atoms with E-state index in [9.17, 15) is 13.2 Å². The molecule has 1 aliphatic heterocycles. The summed E-state index contributed by atoms with van der Waals surface area (Å²) in [6, 6.07) is 15.2. The number of hydrogen-bond acceptors (Lipinski definition) is 7. The van der Waals surface area contributed by atoms with Gasteiger partial charge in [0.25, 0.3) is 10.0 Å². The summed E-state index contributed by atoms with van der Waals surface area (Å²) < 4.78 is 36.3. The molecule has 2 aliphatic rings. The maximum atomic E-state index is 13.8. The van der Waals surface area contributed by atoms with Crippen LogP contribution in [0.4, 0.5) is 5.95 Å². The Morgan fingerprint density at radius 1 is 1.05 bits per heavy atom. The zero-order valence-electron chi connectivity index (χ0n) is 24.2. The van der Waals surface area contributed by atoms with Gasteiger partial charge in [-0.1, -0.05) is 54.8 Å². The molecule has 1 amide bonds. The Balaban J connectivity index is 1.24. The lowest BCUT2D eigenvalue weighted by Gasteiger charge is -2.43. The van der Waals surface area contributed by atoms with Gasteiger partial charge in [-0.05, 0) is 55.5 Å². The fraction of sp³-hybridized carbons (Fsp3) is 0.355. The topological polar surface area (TPSA) is 119 Å². The lowest BCUT2D eigenvalue weighted by atomic mass is 9.77. The first kappa shape index (κ1) is 29.1. The number of halogens is 1. The van der Waals surface area contributed by atoms with Gasteiger partial charge in [0.2, 0.25) is 17.7 Å². The third kappa shape index (κ3) is 5.71. The fourth-order valence-corrected chi connectivity index (χ4v) is 7.17. The number of rotatable bonds is 8. The highest BCUT2D eigenvalue weighted by molar-refractivity contribution is 7.92. The molecule has 0 bridgehead atoms. The minimum absolute atomic E-state index is 0.00628. The van der Waals surface area contributed by atoms with Gasteiger partial charge in [-0.2, -0.15) is 10.1 Å². The van der Waals surface area contributed by atoms with Gasteiger partial charge in [0.1, 0.15) is 11.0 Å². The van der Waals surface area contributed by atoms with Crippen LogP contribution in [0.1, 0.15) is 42.4 Å². The molecule has 224 valence electrons. The number of hydrogen-bond donors (Lipinski definition) is 1. The molecule has 4 aromatic rings. The molecule has 43 heavy (non-hydrogen) atoms. The Morgan fingerprint density at radius 3 is 2.35 bits per heavy atom. The summed E-state index contributed by atoms with van der Waals surface area (Å²) in [6.07, 6.45) is 5.98. The van der Waals surface area contributed by atoms with Crippen LogP contribution >= 0.6 is 11.6 Å². The van der Waals surface area contributed by atoms with Crippen molar-refractivity contribution in [2.75, 3.05) is 17.8 Å². The number of nitrogens with zero attached hydrogens (tertiary/aromatic N) is 5. The van der Waals surface area contributed by atoms with E-state index in [1.165, 1.54) is 17.1 Å². The number of aromatic nitrogens is 4. The molecule has 0 atom stereocenters. The highest BCUT2D eigenvalue weighted by atomic mass is 35.5. The van der Waals surface area contributed by atoms with Crippen molar-refractivity contribution in [2.45, 2.75) is 55.9 Å². The molecule has 12 heteroatoms. The van der Waals surface area contributed by atoms with Crippen molar-refractivity contribution in [3.63, 3.8) is 0 Å². The Bertz CT molecular complexity index is 1760. The number of ether oxygens (including phenoxy) is 1. The largest absolute Gasteiger partial charge is 0.470 e. The van der Waals surface area contributed by atoms with Crippen molar-refractivity contribution in [3.8, 4) is 17.1 Å². The number of likely N-dealkylation sites (tertiary alicyclic amines) is 1. The number of aryl methyl sites for hydroxylation is 3. The molecule has 1 aliphatic carbocycles. The second-order valence-electron chi connectivity index (χ2n) is 11.4. The standard InChI is InChI=1S/C31H33ClN6O4S/c1-20-7-6-8-21(2)28(20)26-15-27(35-30(34-26)36-43(40,41)25-16-33-37(3)19-25)42-24-17-38(18-24)29(39)31(13-4-5-14-31)22-9-11-23(32)12-10-22/h6-12,15-16,19,24H,4-5,13-14,17-18H2,1-3H3,(H,34,35,36). The number of sulfonamides is 1. The SMILES string of the molecule is Cc1cccc(C)c1-c1cc(OC2CN(C(=O)C3(c4ccc(Cl)cc4)CCCC3)C2)nc(NS(=O)(=O)c2cnn(C)c2)n1. The summed E-state index contributed by atoms with van der Waals surface area (Å²) in [7, 11) is -2.35. The lowest BCUT2D eigenvalue weighted by molar-refractivity contribution is -0.146. The zero-order chi connectivity index (χ0) is 30.4. The van der Waals surface area contributed by atoms with Gasteiger partial charge >= 0.3 is 0 Å². The second kappa shape index (κ2) is 11.3. The van der Waals surface area contributed by atoms with Crippen molar-refractivity contribution in [1.82, 2.24) is 24.6 Å². The first-order valence-corrected chi connectivity index (χ1v) is 16.1. The normalized spacial score (nSPS) is 16.6. The van der Waals surface area contributed by atoms with Crippen molar-refractivity contribution >= 4 is 33.5 Å². The summed E-state index contributed by atoms with van der Waals surface area (Å²) in [6.45, 7) is 4.76. The number of carbonyl (C=O) groups excluding carboxylic acids is 1. The summed E-state index contributed by atoms with van der Waals surface area (Å²) >= 11 is 6.12. The molecule has 6 rings (SSSR count). The van der Waals surface area contributed by atoms with Crippen molar-refractivity contribution in [1.29, 1.82) is 0 Å². The van der Waals surface area contributed by atoms with E-state index < -0.39 is 15.4 Å². The molecule has 1 N–H and O–H groups in total. The van der Waals surface area contributed by atoms with Crippen LogP contribution in [0.2, 0.25) is 5.02 Å². The summed E-state index contributed by atoms with van der Waals surface area (Å²) in [4.78, 5) is 24.6. The molecule has 1 saturated heterocycles. The van der Waals surface area contributed by atoms with Gasteiger partial charge in [-0.15, -0.1) is 0 Å². The van der Waals surface area contributed by atoms with Crippen LogP contribution in [-0.2, 0) is 27.3 Å². The third-order valence-electron chi connectivity index (χ3n) is 8.34. The molecule has 0 unspecified atom stereocenters. The molecule has 1 saturated carbocycles. The molecule has 0 radical (unpaired) electrons. The number of carbonyl (C=O) groups is 1. The Kier molecular flexibility index (Phi) is 7.64. The van der Waals surface area contributed by atoms with E-state index in [1.54, 1.807) is 13.1 Å². The lowest BCUT2D eigenvalue weighted by Crippen LogP contribution is -2.60. The highest BCUT2D eigenvalue weighted by Crippen LogP contribution is 2.44. The van der Waals surface area contributed by atoms with E-state index in [-0.39, 0.29) is 28.7 Å². The first-order valence-electron chi connectivity index (χ1n) is 14.2. The van der Waals surface area contributed by atoms with Crippen molar-refractivity contribution in [3.05, 3.63) is 82.6 Å². The zero-order valence-corrected chi connectivity index (χ0v) is 25.8. The van der Waals surface area contributed by atoms with Gasteiger partial charge in [0, 0.05) is 29.9 Å². The molecule has 2 aromatic heterocycles. The maximum Gasteiger partial charge on any atom is 0.267 e. The third-order valence-corrected chi connectivity index (χ3v) is 9.88. The second-order valence-corrected chi connectivity index (χ2v) is 13.5. The molecule has 2 fully saturated rings. The Labute approximate surface area is 256 Å². The van der Waals surface area contributed by atoms with Crippen molar-refractivity contribution in [2.24, 2.45) is 7.05 Å². The maximum absolute atomic E-state index is 13.8. The molecule has 0 spiro atoms. The van der Waals surface area contributed by atoms with Gasteiger partial charge in [0.05, 0.1) is 30.4 Å². The van der Waals surface area contributed by atoms with E-state index in [2.05, 4.69) is 19.8 Å². The Morgan fingerprint density at radius 2 is 1.72 bits per heavy atom. The van der Waals surface area contributed by atoms with Gasteiger partial charge in [0.15, 0.2) is 0 Å². The predicted octanol–water partition coefficient (Wildman–Crippen LogP) is 5.05. The average Bonchev–Trinajstić information content (AvgIpc) is 3.61. The predicted molar refractivity (Wildman–Crippen MR) is 164 cm³/mol. The van der Waals surface area contributed by atoms with Crippen LogP contribution < -0.4 is 9.46 Å². The van der Waals surface area contributed by atoms with Gasteiger partial charge in [-0.25, -0.2) is 18.1 Å². The quantitative estimate of drug-likeness (QED) is 0.293. The summed E-state index contributed by atoms with van der Waals surface area (Å²) in [5.41, 5.74) is 3.82. The number of benzene rings is 2. The van der Waals surface area contributed by atoms with Gasteiger partial charge in [-0.3, -0.25) is 9.48 Å². The number of anilines is 1. The van der Waals surface area contributed by atoms with E-state index in [1.807, 2.05) is 61.2 Å². The van der Waals surface area contributed by atoms with Gasteiger partial charge < -0.3 is 9.64 Å². The molecule has 10 nitrogen and oxygen atoms in total. The minimum atomic E-state index is -3.99. The number of amides is 1. The van der Waals surface area contributed by atoms with Crippen LogP contribution in [-0.4, -0.2) is 58.2 Å². The molecular formula is C31H33ClN6O4S. The molecular weight excluding hydrogens is 588 g/mol. The highest BCUT2D eigenvalue weighted by Gasteiger charge is 2.48. The fourth-order valence-electron chi connectivity index (χ4n) is 6.12. The summed E-state index contributed by atoms with van der Waals surface area (Å²) in [5.74, 6) is 0.219. The van der Waals surface area contributed by atoms with Crippen LogP contribution in [0.5, 0.6) is 5.88 Å². The first-order chi connectivity index (χ1) is 20.5. The average molecular weight is 621 g/mol. The van der Waals surface area contributed by atoms with E-state index in [4.69, 9.17) is 16.3 Å². The van der Waals surface area contributed by atoms with Crippen LogP contribution in [0.15, 0.2) is 65.8 Å². The minimum Gasteiger partial charge on any atom is -0.470 e. The smallest absolute Gasteiger partial charge is 0.267 e. The van der Waals surface area contributed by atoms with E-state index in [0.717, 1.165) is 47.9 Å². The monoisotopic (exact) mass is 620 g/mol.